The highest BCUT2D eigenvalue weighted by atomic mass is 35.5. The minimum atomic E-state index is -3.45. The lowest BCUT2D eigenvalue weighted by Crippen LogP contribution is -2.26. The monoisotopic (exact) mass is 401 g/mol. The van der Waals surface area contributed by atoms with Gasteiger partial charge in [-0.3, -0.25) is 0 Å². The van der Waals surface area contributed by atoms with E-state index in [0.717, 1.165) is 17.7 Å². The van der Waals surface area contributed by atoms with Gasteiger partial charge >= 0.3 is 0 Å². The normalized spacial score (nSPS) is 11.5. The SMILES string of the molecule is CCOc1ccccc1CCCNS(=O)(=O)Cc1ccc(Cl)cc1Cl. The van der Waals surface area contributed by atoms with Gasteiger partial charge in [0.25, 0.3) is 0 Å². The average Bonchev–Trinajstić information content (AvgIpc) is 2.56. The molecule has 4 nitrogen and oxygen atoms in total. The van der Waals surface area contributed by atoms with Crippen LogP contribution >= 0.6 is 23.2 Å². The first-order valence-corrected chi connectivity index (χ1v) is 10.4. The zero-order chi connectivity index (χ0) is 18.3. The van der Waals surface area contributed by atoms with E-state index in [1.54, 1.807) is 18.2 Å². The van der Waals surface area contributed by atoms with Crippen LogP contribution < -0.4 is 9.46 Å². The van der Waals surface area contributed by atoms with Crippen LogP contribution in [-0.2, 0) is 22.2 Å². The number of hydrogen-bond donors (Lipinski definition) is 1. The van der Waals surface area contributed by atoms with E-state index in [4.69, 9.17) is 27.9 Å². The van der Waals surface area contributed by atoms with Gasteiger partial charge in [-0.1, -0.05) is 47.5 Å². The van der Waals surface area contributed by atoms with Gasteiger partial charge < -0.3 is 4.74 Å². The third-order valence-corrected chi connectivity index (χ3v) is 5.50. The van der Waals surface area contributed by atoms with Crippen LogP contribution in [0.3, 0.4) is 0 Å². The molecule has 0 aliphatic heterocycles. The molecule has 2 aromatic rings. The number of nitrogens with one attached hydrogen (secondary N) is 1. The fourth-order valence-electron chi connectivity index (χ4n) is 2.41. The van der Waals surface area contributed by atoms with Crippen LogP contribution in [0, 0.1) is 0 Å². The van der Waals surface area contributed by atoms with Crippen LogP contribution in [0.5, 0.6) is 5.75 Å². The second-order valence-corrected chi connectivity index (χ2v) is 8.18. The Morgan fingerprint density at radius 2 is 1.84 bits per heavy atom. The van der Waals surface area contributed by atoms with Gasteiger partial charge in [0.15, 0.2) is 0 Å². The Bertz CT molecular complexity index is 810. The molecule has 0 unspecified atom stereocenters. The first-order valence-electron chi connectivity index (χ1n) is 8.03. The molecule has 2 aromatic carbocycles. The van der Waals surface area contributed by atoms with E-state index in [-0.39, 0.29) is 5.75 Å². The number of ether oxygens (including phenoxy) is 1. The molecule has 0 spiro atoms. The maximum Gasteiger partial charge on any atom is 0.215 e. The van der Waals surface area contributed by atoms with E-state index in [1.165, 1.54) is 0 Å². The second kappa shape index (κ2) is 9.43. The highest BCUT2D eigenvalue weighted by Crippen LogP contribution is 2.23. The predicted octanol–water partition coefficient (Wildman–Crippen LogP) is 4.44. The average molecular weight is 402 g/mol. The molecule has 0 saturated carbocycles. The van der Waals surface area contributed by atoms with Crippen molar-refractivity contribution in [1.82, 2.24) is 4.72 Å². The van der Waals surface area contributed by atoms with Gasteiger partial charge in [-0.15, -0.1) is 0 Å². The Morgan fingerprint density at radius 3 is 2.56 bits per heavy atom. The lowest BCUT2D eigenvalue weighted by Gasteiger charge is -2.11. The predicted molar refractivity (Wildman–Crippen MR) is 103 cm³/mol. The Labute approximate surface area is 159 Å². The Morgan fingerprint density at radius 1 is 1.08 bits per heavy atom. The molecule has 136 valence electrons. The van der Waals surface area contributed by atoms with Crippen LogP contribution in [0.1, 0.15) is 24.5 Å². The number of benzene rings is 2. The zero-order valence-corrected chi connectivity index (χ0v) is 16.3. The summed E-state index contributed by atoms with van der Waals surface area (Å²) in [4.78, 5) is 0. The van der Waals surface area contributed by atoms with Crippen molar-refractivity contribution in [3.8, 4) is 5.75 Å². The van der Waals surface area contributed by atoms with Crippen LogP contribution in [0.15, 0.2) is 42.5 Å². The molecule has 0 aromatic heterocycles. The summed E-state index contributed by atoms with van der Waals surface area (Å²) in [6.07, 6.45) is 1.41. The number of halogens is 2. The Balaban J connectivity index is 1.86. The molecule has 0 aliphatic rings. The molecule has 0 atom stereocenters. The summed E-state index contributed by atoms with van der Waals surface area (Å²) in [6, 6.07) is 12.6. The molecule has 25 heavy (non-hydrogen) atoms. The van der Waals surface area contributed by atoms with Crippen LogP contribution in [-0.4, -0.2) is 21.6 Å². The minimum Gasteiger partial charge on any atom is -0.494 e. The van der Waals surface area contributed by atoms with Gasteiger partial charge in [-0.05, 0) is 49.1 Å². The van der Waals surface area contributed by atoms with Gasteiger partial charge in [0.05, 0.1) is 12.4 Å². The highest BCUT2D eigenvalue weighted by molar-refractivity contribution is 7.88. The van der Waals surface area contributed by atoms with Crippen molar-refractivity contribution in [2.75, 3.05) is 13.2 Å². The Hall–Kier alpha value is -1.27. The number of hydrogen-bond acceptors (Lipinski definition) is 3. The molecule has 2 rings (SSSR count). The van der Waals surface area contributed by atoms with Gasteiger partial charge in [-0.25, -0.2) is 13.1 Å². The summed E-state index contributed by atoms with van der Waals surface area (Å²) in [5.74, 6) is 0.680. The van der Waals surface area contributed by atoms with Gasteiger partial charge in [0.2, 0.25) is 10.0 Å². The molecule has 0 heterocycles. The fourth-order valence-corrected chi connectivity index (χ4v) is 4.18. The van der Waals surface area contributed by atoms with Crippen LogP contribution in [0.4, 0.5) is 0 Å². The molecule has 7 heteroatoms. The van der Waals surface area contributed by atoms with E-state index in [1.807, 2.05) is 31.2 Å². The van der Waals surface area contributed by atoms with Gasteiger partial charge in [-0.2, -0.15) is 0 Å². The topological polar surface area (TPSA) is 55.4 Å². The molecule has 1 N–H and O–H groups in total. The standard InChI is InChI=1S/C18H21Cl2NO3S/c1-2-24-18-8-4-3-6-14(18)7-5-11-21-25(22,23)13-15-9-10-16(19)12-17(15)20/h3-4,6,8-10,12,21H,2,5,7,11,13H2,1H3. The van der Waals surface area contributed by atoms with E-state index < -0.39 is 10.0 Å². The summed E-state index contributed by atoms with van der Waals surface area (Å²) in [5, 5.41) is 0.829. The van der Waals surface area contributed by atoms with Crippen LogP contribution in [0.2, 0.25) is 10.0 Å². The number of rotatable bonds is 9. The lowest BCUT2D eigenvalue weighted by molar-refractivity contribution is 0.336. The lowest BCUT2D eigenvalue weighted by atomic mass is 10.1. The molecular weight excluding hydrogens is 381 g/mol. The fraction of sp³-hybridized carbons (Fsp3) is 0.333. The quantitative estimate of drug-likeness (QED) is 0.631. The smallest absolute Gasteiger partial charge is 0.215 e. The zero-order valence-electron chi connectivity index (χ0n) is 14.0. The number of aryl methyl sites for hydroxylation is 1. The summed E-state index contributed by atoms with van der Waals surface area (Å²) >= 11 is 11.9. The molecule has 0 radical (unpaired) electrons. The molecule has 0 aliphatic carbocycles. The number of para-hydroxylation sites is 1. The van der Waals surface area contributed by atoms with Crippen LogP contribution in [0.25, 0.3) is 0 Å². The third-order valence-electron chi connectivity index (χ3n) is 3.58. The van der Waals surface area contributed by atoms with Crippen molar-refractivity contribution in [2.24, 2.45) is 0 Å². The van der Waals surface area contributed by atoms with Crippen molar-refractivity contribution in [2.45, 2.75) is 25.5 Å². The Kier molecular flexibility index (Phi) is 7.56. The first kappa shape index (κ1) is 20.0. The summed E-state index contributed by atoms with van der Waals surface area (Å²) in [5.41, 5.74) is 1.60. The second-order valence-electron chi connectivity index (χ2n) is 5.53. The van der Waals surface area contributed by atoms with E-state index in [0.29, 0.717) is 35.2 Å². The highest BCUT2D eigenvalue weighted by Gasteiger charge is 2.14. The molecule has 0 bridgehead atoms. The molecular formula is C18H21Cl2NO3S. The summed E-state index contributed by atoms with van der Waals surface area (Å²) in [6.45, 7) is 2.90. The maximum atomic E-state index is 12.2. The van der Waals surface area contributed by atoms with Gasteiger partial charge in [0, 0.05) is 16.6 Å². The van der Waals surface area contributed by atoms with Crippen molar-refractivity contribution in [3.63, 3.8) is 0 Å². The molecule has 0 saturated heterocycles. The van der Waals surface area contributed by atoms with Crippen molar-refractivity contribution < 1.29 is 13.2 Å². The van der Waals surface area contributed by atoms with E-state index in [2.05, 4.69) is 4.72 Å². The first-order chi connectivity index (χ1) is 11.9. The van der Waals surface area contributed by atoms with Crippen molar-refractivity contribution in [1.29, 1.82) is 0 Å². The maximum absolute atomic E-state index is 12.2. The largest absolute Gasteiger partial charge is 0.494 e. The summed E-state index contributed by atoms with van der Waals surface area (Å²) < 4.78 is 32.6. The number of sulfonamides is 1. The van der Waals surface area contributed by atoms with Crippen molar-refractivity contribution in [3.05, 3.63) is 63.6 Å². The minimum absolute atomic E-state index is 0.168. The van der Waals surface area contributed by atoms with Gasteiger partial charge in [0.1, 0.15) is 5.75 Å². The molecule has 0 fully saturated rings. The van der Waals surface area contributed by atoms with E-state index in [9.17, 15) is 8.42 Å². The van der Waals surface area contributed by atoms with Crippen molar-refractivity contribution >= 4 is 33.2 Å². The molecule has 0 amide bonds. The third kappa shape index (κ3) is 6.51. The summed E-state index contributed by atoms with van der Waals surface area (Å²) in [7, 11) is -3.45. The van der Waals surface area contributed by atoms with E-state index >= 15 is 0 Å².